The van der Waals surface area contributed by atoms with Gasteiger partial charge in [0.1, 0.15) is 11.5 Å². The topological polar surface area (TPSA) is 119 Å². The van der Waals surface area contributed by atoms with E-state index in [1.54, 1.807) is 16.8 Å². The Bertz CT molecular complexity index is 1430. The van der Waals surface area contributed by atoms with Gasteiger partial charge in [-0.25, -0.2) is 14.2 Å². The van der Waals surface area contributed by atoms with Gasteiger partial charge in [-0.3, -0.25) is 0 Å². The highest BCUT2D eigenvalue weighted by molar-refractivity contribution is 5.90. The lowest BCUT2D eigenvalue weighted by molar-refractivity contribution is -0.166. The zero-order valence-electron chi connectivity index (χ0n) is 19.0. The predicted octanol–water partition coefficient (Wildman–Crippen LogP) is 4.62. The Morgan fingerprint density at radius 1 is 1.35 bits per heavy atom. The summed E-state index contributed by atoms with van der Waals surface area (Å²) in [6.07, 6.45) is 7.58. The van der Waals surface area contributed by atoms with Gasteiger partial charge in [-0.2, -0.15) is 9.61 Å². The van der Waals surface area contributed by atoms with Crippen LogP contribution < -0.4 is 5.73 Å². The first kappa shape index (κ1) is 22.1. The van der Waals surface area contributed by atoms with Crippen LogP contribution in [0.25, 0.3) is 28.3 Å². The number of halogens is 1. The first-order valence-corrected chi connectivity index (χ1v) is 11.2. The number of hydrogen-bond acceptors (Lipinski definition) is 5. The fourth-order valence-electron chi connectivity index (χ4n) is 4.96. The number of H-pyrrole nitrogens is 1. The minimum absolute atomic E-state index is 0.0943. The van der Waals surface area contributed by atoms with E-state index in [0.29, 0.717) is 42.6 Å². The molecule has 1 aromatic carbocycles. The number of nitrogens with zero attached hydrogens (tertiary/aromatic N) is 3. The van der Waals surface area contributed by atoms with E-state index in [1.165, 1.54) is 19.2 Å². The number of hydrogen-bond donors (Lipinski definition) is 3. The summed E-state index contributed by atoms with van der Waals surface area (Å²) in [4.78, 5) is 20.1. The minimum Gasteiger partial charge on any atom is -0.479 e. The summed E-state index contributed by atoms with van der Waals surface area (Å²) in [5.74, 6) is -1.18. The number of allylic oxidation sites excluding steroid dienone is 1. The third-order valence-electron chi connectivity index (χ3n) is 6.99. The van der Waals surface area contributed by atoms with Crippen molar-refractivity contribution in [3.63, 3.8) is 0 Å². The number of nitrogens with one attached hydrogen (secondary N) is 1. The van der Waals surface area contributed by atoms with Gasteiger partial charge < -0.3 is 20.6 Å². The number of benzene rings is 1. The van der Waals surface area contributed by atoms with Crippen LogP contribution in [0.15, 0.2) is 36.7 Å². The summed E-state index contributed by atoms with van der Waals surface area (Å²) in [7, 11) is 1.46. The number of fused-ring (bicyclic) bond motifs is 3. The van der Waals surface area contributed by atoms with E-state index in [2.05, 4.69) is 10.1 Å². The van der Waals surface area contributed by atoms with Crippen LogP contribution in [0, 0.1) is 5.82 Å². The van der Waals surface area contributed by atoms with Crippen molar-refractivity contribution in [2.75, 3.05) is 12.8 Å². The van der Waals surface area contributed by atoms with Gasteiger partial charge >= 0.3 is 5.97 Å². The summed E-state index contributed by atoms with van der Waals surface area (Å²) >= 11 is 0. The summed E-state index contributed by atoms with van der Waals surface area (Å²) in [6.45, 7) is 1.92. The number of aromatic amines is 1. The van der Waals surface area contributed by atoms with Crippen LogP contribution in [0.5, 0.6) is 0 Å². The van der Waals surface area contributed by atoms with Gasteiger partial charge in [0.25, 0.3) is 0 Å². The number of nitrogens with two attached hydrogens (primary N) is 1. The summed E-state index contributed by atoms with van der Waals surface area (Å²) < 4.78 is 20.9. The highest BCUT2D eigenvalue weighted by atomic mass is 19.1. The molecule has 1 saturated carbocycles. The van der Waals surface area contributed by atoms with Crippen LogP contribution in [0.2, 0.25) is 0 Å². The lowest BCUT2D eigenvalue weighted by Gasteiger charge is -2.35. The van der Waals surface area contributed by atoms with Gasteiger partial charge in [0.05, 0.1) is 11.9 Å². The van der Waals surface area contributed by atoms with Gasteiger partial charge in [0.15, 0.2) is 11.2 Å². The third-order valence-corrected chi connectivity index (χ3v) is 6.99. The molecule has 0 amide bonds. The monoisotopic (exact) mass is 463 g/mol. The fourth-order valence-corrected chi connectivity index (χ4v) is 4.96. The van der Waals surface area contributed by atoms with E-state index >= 15 is 0 Å². The van der Waals surface area contributed by atoms with Crippen LogP contribution in [0.4, 0.5) is 10.1 Å². The maximum absolute atomic E-state index is 13.8. The zero-order chi connectivity index (χ0) is 24.0. The number of methoxy groups -OCH3 is 1. The van der Waals surface area contributed by atoms with Crippen LogP contribution in [0.1, 0.15) is 55.3 Å². The Labute approximate surface area is 195 Å². The molecule has 0 unspecified atom stereocenters. The number of carboxylic acids is 1. The average Bonchev–Trinajstić information content (AvgIpc) is 3.48. The molecule has 8 nitrogen and oxygen atoms in total. The Hall–Kier alpha value is -3.72. The Kier molecular flexibility index (Phi) is 5.36. The van der Waals surface area contributed by atoms with E-state index < -0.39 is 11.6 Å². The standard InChI is InChI=1S/C25H26FN5O3/c1-14(11-16-12-17(26)3-4-20(16)27)19-13-29-31-22-18(7-10-28-22)21(30-23(19)31)15-5-8-25(34-2,9-6-15)24(32)33/h3-4,7,10-13,15,28H,5-6,8-9,27H2,1-2H3,(H,32,33)/b14-11+. The average molecular weight is 464 g/mol. The molecule has 1 aliphatic carbocycles. The summed E-state index contributed by atoms with van der Waals surface area (Å²) in [6, 6.07) is 6.26. The molecule has 0 radical (unpaired) electrons. The molecule has 0 bridgehead atoms. The first-order valence-electron chi connectivity index (χ1n) is 11.2. The second-order valence-electron chi connectivity index (χ2n) is 8.91. The second-order valence-corrected chi connectivity index (χ2v) is 8.91. The largest absolute Gasteiger partial charge is 0.479 e. The van der Waals surface area contributed by atoms with E-state index in [0.717, 1.165) is 27.9 Å². The van der Waals surface area contributed by atoms with Gasteiger partial charge in [-0.15, -0.1) is 0 Å². The Morgan fingerprint density at radius 2 is 2.12 bits per heavy atom. The van der Waals surface area contributed by atoms with Crippen molar-refractivity contribution in [3.05, 3.63) is 59.3 Å². The van der Waals surface area contributed by atoms with Crippen molar-refractivity contribution in [1.82, 2.24) is 19.6 Å². The molecule has 4 N–H and O–H groups in total. The van der Waals surface area contributed by atoms with Gasteiger partial charge in [0, 0.05) is 41.4 Å². The molecule has 1 fully saturated rings. The van der Waals surface area contributed by atoms with Crippen LogP contribution in [0.3, 0.4) is 0 Å². The third kappa shape index (κ3) is 3.52. The van der Waals surface area contributed by atoms with Gasteiger partial charge in [0.2, 0.25) is 0 Å². The molecule has 3 aromatic heterocycles. The number of ether oxygens (including phenoxy) is 1. The quantitative estimate of drug-likeness (QED) is 0.372. The molecule has 5 rings (SSSR count). The lowest BCUT2D eigenvalue weighted by atomic mass is 9.77. The zero-order valence-corrected chi connectivity index (χ0v) is 19.0. The highest BCUT2D eigenvalue weighted by Gasteiger charge is 2.43. The molecular weight excluding hydrogens is 437 g/mol. The van der Waals surface area contributed by atoms with Crippen LogP contribution in [-0.4, -0.2) is 43.4 Å². The van der Waals surface area contributed by atoms with Crippen molar-refractivity contribution in [2.24, 2.45) is 0 Å². The van der Waals surface area contributed by atoms with Crippen molar-refractivity contribution >= 4 is 40.0 Å². The van der Waals surface area contributed by atoms with E-state index in [-0.39, 0.29) is 11.7 Å². The van der Waals surface area contributed by atoms with E-state index in [4.69, 9.17) is 15.5 Å². The van der Waals surface area contributed by atoms with Crippen LogP contribution >= 0.6 is 0 Å². The van der Waals surface area contributed by atoms with Crippen molar-refractivity contribution in [2.45, 2.75) is 44.1 Å². The molecule has 0 saturated heterocycles. The predicted molar refractivity (Wildman–Crippen MR) is 128 cm³/mol. The maximum atomic E-state index is 13.8. The van der Waals surface area contributed by atoms with Gasteiger partial charge in [-0.1, -0.05) is 0 Å². The number of carboxylic acid groups (broad SMARTS) is 1. The summed E-state index contributed by atoms with van der Waals surface area (Å²) in [5, 5.41) is 15.2. The minimum atomic E-state index is -1.14. The normalized spacial score (nSPS) is 21.4. The number of carbonyl (C=O) groups is 1. The molecule has 9 heteroatoms. The molecule has 4 aromatic rings. The first-order chi connectivity index (χ1) is 16.3. The molecule has 1 aliphatic rings. The summed E-state index contributed by atoms with van der Waals surface area (Å²) in [5.41, 5.74) is 10.1. The second kappa shape index (κ2) is 8.25. The molecule has 34 heavy (non-hydrogen) atoms. The number of rotatable bonds is 5. The van der Waals surface area contributed by atoms with Crippen molar-refractivity contribution < 1.29 is 19.0 Å². The number of anilines is 1. The van der Waals surface area contributed by atoms with Gasteiger partial charge in [-0.05, 0) is 68.5 Å². The SMILES string of the molecule is COC1(C(=O)O)CCC(c2nc3c(/C(C)=C/c4cc(F)ccc4N)cnn3c3[nH]ccc23)CC1. The Morgan fingerprint density at radius 3 is 2.82 bits per heavy atom. The fraction of sp³-hybridized carbons (Fsp3) is 0.320. The maximum Gasteiger partial charge on any atom is 0.335 e. The highest BCUT2D eigenvalue weighted by Crippen LogP contribution is 2.41. The molecule has 0 aliphatic heterocycles. The molecule has 3 heterocycles. The lowest BCUT2D eigenvalue weighted by Crippen LogP contribution is -2.43. The molecule has 0 atom stereocenters. The number of aliphatic carboxylic acids is 1. The number of aromatic nitrogens is 4. The Balaban J connectivity index is 1.58. The van der Waals surface area contributed by atoms with Crippen molar-refractivity contribution in [1.29, 1.82) is 0 Å². The molecule has 176 valence electrons. The molecular formula is C25H26FN5O3. The number of nitrogen functional groups attached to an aromatic ring is 1. The smallest absolute Gasteiger partial charge is 0.335 e. The van der Waals surface area contributed by atoms with E-state index in [9.17, 15) is 14.3 Å². The van der Waals surface area contributed by atoms with Crippen molar-refractivity contribution in [3.8, 4) is 0 Å². The van der Waals surface area contributed by atoms with E-state index in [1.807, 2.05) is 25.3 Å². The molecule has 0 spiro atoms. The van der Waals surface area contributed by atoms with Crippen LogP contribution in [-0.2, 0) is 9.53 Å².